The van der Waals surface area contributed by atoms with Crippen molar-refractivity contribution in [3.63, 3.8) is 0 Å². The molecule has 3 atom stereocenters. The molecule has 3 unspecified atom stereocenters. The van der Waals surface area contributed by atoms with Gasteiger partial charge >= 0.3 is 0 Å². The van der Waals surface area contributed by atoms with Crippen LogP contribution in [0.2, 0.25) is 19.6 Å². The van der Waals surface area contributed by atoms with Crippen LogP contribution in [-0.4, -0.2) is 55.5 Å². The van der Waals surface area contributed by atoms with Gasteiger partial charge in [0.2, 0.25) is 14.2 Å². The number of β-lactam (4-membered cyclic amide) rings is 1. The maximum Gasteiger partial charge on any atom is 0.244 e. The van der Waals surface area contributed by atoms with Crippen LogP contribution in [-0.2, 0) is 16.9 Å². The molecule has 1 amide bonds. The van der Waals surface area contributed by atoms with Crippen LogP contribution < -0.4 is 9.74 Å². The van der Waals surface area contributed by atoms with Crippen molar-refractivity contribution < 1.29 is 9.22 Å². The van der Waals surface area contributed by atoms with Crippen LogP contribution in [0.25, 0.3) is 0 Å². The van der Waals surface area contributed by atoms with E-state index < -0.39 is 19.9 Å². The fourth-order valence-corrected chi connectivity index (χ4v) is 9.39. The van der Waals surface area contributed by atoms with Crippen molar-refractivity contribution in [3.05, 3.63) is 143 Å². The number of hydrogen-bond acceptors (Lipinski definition) is 7. The first-order chi connectivity index (χ1) is 22.6. The Labute approximate surface area is 281 Å². The molecule has 8 nitrogen and oxygen atoms in total. The molecule has 2 fully saturated rings. The van der Waals surface area contributed by atoms with Crippen LogP contribution >= 0.6 is 11.8 Å². The fraction of sp³-hybridized carbons (Fsp3) is 0.297. The summed E-state index contributed by atoms with van der Waals surface area (Å²) in [4.78, 5) is 16.4. The van der Waals surface area contributed by atoms with E-state index in [0.717, 1.165) is 28.0 Å². The van der Waals surface area contributed by atoms with Crippen molar-refractivity contribution in [1.82, 2.24) is 30.4 Å². The number of fused-ring (bicyclic) bond motifs is 1. The minimum absolute atomic E-state index is 0.0487. The third-order valence-corrected chi connectivity index (χ3v) is 11.3. The van der Waals surface area contributed by atoms with Crippen LogP contribution in [0.3, 0.4) is 0 Å². The lowest BCUT2D eigenvalue weighted by molar-refractivity contribution is -0.150. The lowest BCUT2D eigenvalue weighted by atomic mass is 9.76. The molecule has 2 aliphatic heterocycles. The van der Waals surface area contributed by atoms with Gasteiger partial charge in [0.05, 0.1) is 12.1 Å². The van der Waals surface area contributed by atoms with Gasteiger partial charge in [-0.05, 0) is 78.3 Å². The minimum atomic E-state index is -1.70. The summed E-state index contributed by atoms with van der Waals surface area (Å²) in [5.74, 6) is 1.62. The summed E-state index contributed by atoms with van der Waals surface area (Å²) in [5.41, 5.74) is 3.55. The summed E-state index contributed by atoms with van der Waals surface area (Å²) in [7, 11) is -1.70. The van der Waals surface area contributed by atoms with Gasteiger partial charge in [-0.2, -0.15) is 0 Å². The van der Waals surface area contributed by atoms with Crippen molar-refractivity contribution >= 4 is 26.0 Å². The fourth-order valence-electron chi connectivity index (χ4n) is 6.92. The minimum Gasteiger partial charge on any atom is -0.544 e. The average Bonchev–Trinajstić information content (AvgIpc) is 3.61. The zero-order valence-corrected chi connectivity index (χ0v) is 29.2. The van der Waals surface area contributed by atoms with Gasteiger partial charge in [-0.3, -0.25) is 10.1 Å². The van der Waals surface area contributed by atoms with Gasteiger partial charge < -0.3 is 9.33 Å². The molecular formula is C37H40N6O2SSi. The van der Waals surface area contributed by atoms with Gasteiger partial charge in [-0.25, -0.2) is 4.68 Å². The molecule has 2 aliphatic rings. The van der Waals surface area contributed by atoms with E-state index in [1.54, 1.807) is 11.8 Å². The second-order valence-corrected chi connectivity index (χ2v) is 20.0. The third kappa shape index (κ3) is 5.79. The largest absolute Gasteiger partial charge is 0.544 e. The Kier molecular flexibility index (Phi) is 8.06. The van der Waals surface area contributed by atoms with Gasteiger partial charge in [0, 0.05) is 4.75 Å². The molecule has 1 aromatic heterocycles. The average molecular weight is 661 g/mol. The van der Waals surface area contributed by atoms with Crippen molar-refractivity contribution in [2.24, 2.45) is 0 Å². The number of thioether (sulfide) groups is 1. The normalized spacial score (nSPS) is 20.5. The predicted molar refractivity (Wildman–Crippen MR) is 189 cm³/mol. The Balaban J connectivity index is 1.20. The van der Waals surface area contributed by atoms with Crippen molar-refractivity contribution in [2.45, 2.75) is 67.8 Å². The predicted octanol–water partition coefficient (Wildman–Crippen LogP) is 6.62. The van der Waals surface area contributed by atoms with Crippen molar-refractivity contribution in [1.29, 1.82) is 0 Å². The number of benzene rings is 4. The van der Waals surface area contributed by atoms with Gasteiger partial charge in [0.25, 0.3) is 0 Å². The monoisotopic (exact) mass is 660 g/mol. The molecule has 0 spiro atoms. The van der Waals surface area contributed by atoms with Gasteiger partial charge in [0.1, 0.15) is 23.2 Å². The highest BCUT2D eigenvalue weighted by atomic mass is 32.2. The standard InChI is InChI=1S/C37H40N6O2SSi/c1-36(2)32(33-39-40-41-42(33)25-26-21-23-30(24-22-26)45-47(3,4)5)43-34(44)31(35(43)46-36)38-37(27-15-9-6-10-16-27,28-17-11-7-12-18-28)29-19-13-8-14-20-29/h6-24,31-32,35,38H,25H2,1-5H3. The molecule has 2 saturated heterocycles. The Morgan fingerprint density at radius 3 is 1.87 bits per heavy atom. The summed E-state index contributed by atoms with van der Waals surface area (Å²) in [6.45, 7) is 11.4. The molecule has 0 saturated carbocycles. The number of hydrogen-bond donors (Lipinski definition) is 1. The number of carbonyl (C=O) groups is 1. The van der Waals surface area contributed by atoms with Crippen LogP contribution in [0.15, 0.2) is 115 Å². The summed E-state index contributed by atoms with van der Waals surface area (Å²) < 4.78 is 7.64. The number of rotatable bonds is 10. The second kappa shape index (κ2) is 12.1. The molecule has 3 heterocycles. The number of nitrogens with one attached hydrogen (secondary N) is 1. The summed E-state index contributed by atoms with van der Waals surface area (Å²) >= 11 is 1.81. The molecule has 0 aliphatic carbocycles. The molecular weight excluding hydrogens is 621 g/mol. The van der Waals surface area contributed by atoms with Crippen LogP contribution in [0, 0.1) is 0 Å². The first-order valence-electron chi connectivity index (χ1n) is 16.1. The Morgan fingerprint density at radius 2 is 1.36 bits per heavy atom. The van der Waals surface area contributed by atoms with Crippen molar-refractivity contribution in [3.8, 4) is 5.75 Å². The summed E-state index contributed by atoms with van der Waals surface area (Å²) in [6, 6.07) is 38.7. The van der Waals surface area contributed by atoms with Crippen LogP contribution in [0.1, 0.15) is 48.0 Å². The highest BCUT2D eigenvalue weighted by Gasteiger charge is 2.64. The SMILES string of the molecule is CC1(C)SC2C(NC(c3ccccc3)(c3ccccc3)c3ccccc3)C(=O)N2C1c1nnnn1Cc1ccc(O[Si](C)(C)C)cc1. The topological polar surface area (TPSA) is 85.2 Å². The van der Waals surface area contributed by atoms with E-state index in [0.29, 0.717) is 12.4 Å². The maximum atomic E-state index is 14.4. The first-order valence-corrected chi connectivity index (χ1v) is 20.3. The molecule has 1 N–H and O–H groups in total. The Hall–Kier alpha value is -4.25. The quantitative estimate of drug-likeness (QED) is 0.102. The molecule has 5 aromatic rings. The van der Waals surface area contributed by atoms with E-state index >= 15 is 0 Å². The Morgan fingerprint density at radius 1 is 0.830 bits per heavy atom. The molecule has 47 heavy (non-hydrogen) atoms. The van der Waals surface area contributed by atoms with Crippen LogP contribution in [0.4, 0.5) is 0 Å². The first kappa shape index (κ1) is 31.4. The van der Waals surface area contributed by atoms with E-state index in [1.807, 2.05) is 39.9 Å². The zero-order valence-electron chi connectivity index (χ0n) is 27.4. The van der Waals surface area contributed by atoms with Gasteiger partial charge in [0.15, 0.2) is 5.82 Å². The van der Waals surface area contributed by atoms with Gasteiger partial charge in [-0.1, -0.05) is 103 Å². The number of tetrazole rings is 1. The number of aromatic nitrogens is 4. The molecule has 0 bridgehead atoms. The maximum absolute atomic E-state index is 14.4. The third-order valence-electron chi connectivity index (χ3n) is 8.92. The Bertz CT molecular complexity index is 1750. The van der Waals surface area contributed by atoms with Crippen LogP contribution in [0.5, 0.6) is 5.75 Å². The van der Waals surface area contributed by atoms with E-state index in [-0.39, 0.29) is 22.1 Å². The second-order valence-electron chi connectivity index (χ2n) is 13.8. The zero-order chi connectivity index (χ0) is 32.8. The molecule has 4 aromatic carbocycles. The molecule has 10 heteroatoms. The van der Waals surface area contributed by atoms with Crippen molar-refractivity contribution in [2.75, 3.05) is 0 Å². The summed E-state index contributed by atoms with van der Waals surface area (Å²) in [6.07, 6.45) is 0. The molecule has 0 radical (unpaired) electrons. The van der Waals surface area contributed by atoms with E-state index in [2.05, 4.69) is 139 Å². The number of nitrogens with zero attached hydrogens (tertiary/aromatic N) is 5. The van der Waals surface area contributed by atoms with Gasteiger partial charge in [-0.15, -0.1) is 16.9 Å². The molecule has 7 rings (SSSR count). The lowest BCUT2D eigenvalue weighted by Gasteiger charge is -2.49. The lowest BCUT2D eigenvalue weighted by Crippen LogP contribution is -2.70. The highest BCUT2D eigenvalue weighted by molar-refractivity contribution is 8.01. The summed E-state index contributed by atoms with van der Waals surface area (Å²) in [5, 5.41) is 16.8. The highest BCUT2D eigenvalue weighted by Crippen LogP contribution is 2.57. The number of amides is 1. The molecule has 240 valence electrons. The number of carbonyl (C=O) groups excluding carboxylic acids is 1. The smallest absolute Gasteiger partial charge is 0.244 e. The van der Waals surface area contributed by atoms with E-state index in [1.165, 1.54) is 0 Å². The van der Waals surface area contributed by atoms with E-state index in [4.69, 9.17) is 4.43 Å². The van der Waals surface area contributed by atoms with E-state index in [9.17, 15) is 4.79 Å².